The zero-order valence-corrected chi connectivity index (χ0v) is 10.8. The van der Waals surface area contributed by atoms with E-state index < -0.39 is 0 Å². The van der Waals surface area contributed by atoms with Crippen LogP contribution in [0.15, 0.2) is 40.4 Å². The maximum absolute atomic E-state index is 3.74. The van der Waals surface area contributed by atoms with Crippen LogP contribution >= 0.6 is 15.9 Å². The maximum atomic E-state index is 3.74. The van der Waals surface area contributed by atoms with Gasteiger partial charge in [0.2, 0.25) is 0 Å². The molecule has 1 heteroatoms. The van der Waals surface area contributed by atoms with Crippen LogP contribution in [0.2, 0.25) is 0 Å². The number of benzene rings is 2. The fraction of sp³-hybridized carbons (Fsp3) is 0.200. The van der Waals surface area contributed by atoms with Crippen molar-refractivity contribution in [2.24, 2.45) is 0 Å². The van der Waals surface area contributed by atoms with E-state index in [1.54, 1.807) is 0 Å². The average Bonchev–Trinajstić information content (AvgIpc) is 2.73. The Bertz CT molecular complexity index is 594. The molecule has 0 saturated heterocycles. The monoisotopic (exact) mass is 272 g/mol. The molecule has 1 aliphatic carbocycles. The second-order valence-corrected chi connectivity index (χ2v) is 5.11. The van der Waals surface area contributed by atoms with E-state index in [1.807, 2.05) is 0 Å². The third-order valence-corrected chi connectivity index (χ3v) is 4.18. The molecule has 0 heterocycles. The molecule has 0 N–H and O–H groups in total. The summed E-state index contributed by atoms with van der Waals surface area (Å²) in [6, 6.07) is 10.9. The molecule has 0 bridgehead atoms. The maximum Gasteiger partial charge on any atom is 0.0329 e. The molecule has 0 radical (unpaired) electrons. The van der Waals surface area contributed by atoms with Gasteiger partial charge in [-0.05, 0) is 50.7 Å². The van der Waals surface area contributed by atoms with Crippen molar-refractivity contribution < 1.29 is 0 Å². The summed E-state index contributed by atoms with van der Waals surface area (Å²) < 4.78 is 1.25. The zero-order chi connectivity index (χ0) is 11.1. The average molecular weight is 273 g/mol. The second kappa shape index (κ2) is 3.74. The van der Waals surface area contributed by atoms with Gasteiger partial charge in [-0.25, -0.2) is 0 Å². The van der Waals surface area contributed by atoms with Crippen LogP contribution in [0, 0.1) is 0 Å². The highest BCUT2D eigenvalue weighted by atomic mass is 79.9. The van der Waals surface area contributed by atoms with Crippen molar-refractivity contribution in [3.63, 3.8) is 0 Å². The van der Waals surface area contributed by atoms with Crippen molar-refractivity contribution in [3.05, 3.63) is 51.5 Å². The molecule has 2 aromatic rings. The fourth-order valence-corrected chi connectivity index (χ4v) is 3.13. The Morgan fingerprint density at radius 3 is 2.88 bits per heavy atom. The summed E-state index contributed by atoms with van der Waals surface area (Å²) in [5, 5.41) is 2.65. The lowest BCUT2D eigenvalue weighted by molar-refractivity contribution is 1.04. The molecule has 0 fully saturated rings. The Balaban J connectivity index is 2.31. The molecular weight excluding hydrogens is 260 g/mol. The highest BCUT2D eigenvalue weighted by Crippen LogP contribution is 2.37. The van der Waals surface area contributed by atoms with Gasteiger partial charge in [0.15, 0.2) is 0 Å². The quantitative estimate of drug-likeness (QED) is 0.689. The SMILES string of the molecule is CCC1=Cc2c(cc3ccccc3c2Br)C1. The van der Waals surface area contributed by atoms with E-state index >= 15 is 0 Å². The van der Waals surface area contributed by atoms with Gasteiger partial charge >= 0.3 is 0 Å². The molecule has 0 nitrogen and oxygen atoms in total. The third-order valence-electron chi connectivity index (χ3n) is 3.33. The summed E-state index contributed by atoms with van der Waals surface area (Å²) in [5.74, 6) is 0. The fourth-order valence-electron chi connectivity index (χ4n) is 2.40. The molecule has 0 aliphatic heterocycles. The lowest BCUT2D eigenvalue weighted by Crippen LogP contribution is -1.86. The van der Waals surface area contributed by atoms with Gasteiger partial charge in [-0.1, -0.05) is 48.9 Å². The van der Waals surface area contributed by atoms with Crippen molar-refractivity contribution in [3.8, 4) is 0 Å². The molecule has 16 heavy (non-hydrogen) atoms. The highest BCUT2D eigenvalue weighted by Gasteiger charge is 2.16. The van der Waals surface area contributed by atoms with Crippen LogP contribution in [0.25, 0.3) is 16.8 Å². The molecule has 0 spiro atoms. The van der Waals surface area contributed by atoms with Gasteiger partial charge in [-0.3, -0.25) is 0 Å². The summed E-state index contributed by atoms with van der Waals surface area (Å²) in [7, 11) is 0. The first-order valence-electron chi connectivity index (χ1n) is 5.69. The van der Waals surface area contributed by atoms with Crippen LogP contribution in [0.4, 0.5) is 0 Å². The van der Waals surface area contributed by atoms with Gasteiger partial charge < -0.3 is 0 Å². The van der Waals surface area contributed by atoms with Crippen LogP contribution in [0.3, 0.4) is 0 Å². The van der Waals surface area contributed by atoms with Crippen molar-refractivity contribution in [2.45, 2.75) is 19.8 Å². The summed E-state index contributed by atoms with van der Waals surface area (Å²) in [4.78, 5) is 0. The van der Waals surface area contributed by atoms with Gasteiger partial charge in [0.05, 0.1) is 0 Å². The molecule has 3 rings (SSSR count). The van der Waals surface area contributed by atoms with Gasteiger partial charge in [0, 0.05) is 4.47 Å². The number of hydrogen-bond acceptors (Lipinski definition) is 0. The lowest BCUT2D eigenvalue weighted by Gasteiger charge is -2.06. The number of hydrogen-bond donors (Lipinski definition) is 0. The number of halogens is 1. The Kier molecular flexibility index (Phi) is 2.36. The van der Waals surface area contributed by atoms with E-state index in [9.17, 15) is 0 Å². The summed E-state index contributed by atoms with van der Waals surface area (Å²) in [5.41, 5.74) is 4.38. The highest BCUT2D eigenvalue weighted by molar-refractivity contribution is 9.10. The molecule has 2 aromatic carbocycles. The second-order valence-electron chi connectivity index (χ2n) is 4.32. The van der Waals surface area contributed by atoms with Gasteiger partial charge in [0.1, 0.15) is 0 Å². The molecule has 80 valence electrons. The Labute approximate surface area is 104 Å². The summed E-state index contributed by atoms with van der Waals surface area (Å²) in [6.07, 6.45) is 4.61. The van der Waals surface area contributed by atoms with E-state index in [-0.39, 0.29) is 0 Å². The van der Waals surface area contributed by atoms with Crippen LogP contribution in [0.5, 0.6) is 0 Å². The van der Waals surface area contributed by atoms with Crippen molar-refractivity contribution in [1.82, 2.24) is 0 Å². The predicted octanol–water partition coefficient (Wildman–Crippen LogP) is 4.95. The normalized spacial score (nSPS) is 14.0. The topological polar surface area (TPSA) is 0 Å². The van der Waals surface area contributed by atoms with Crippen LogP contribution in [0.1, 0.15) is 24.5 Å². The van der Waals surface area contributed by atoms with Gasteiger partial charge in [-0.15, -0.1) is 0 Å². The molecule has 1 aliphatic rings. The minimum atomic E-state index is 1.12. The van der Waals surface area contributed by atoms with E-state index in [1.165, 1.54) is 31.9 Å². The predicted molar refractivity (Wildman–Crippen MR) is 73.6 cm³/mol. The van der Waals surface area contributed by atoms with E-state index in [4.69, 9.17) is 0 Å². The number of fused-ring (bicyclic) bond motifs is 2. The van der Waals surface area contributed by atoms with Crippen LogP contribution in [-0.2, 0) is 6.42 Å². The first-order valence-corrected chi connectivity index (χ1v) is 6.48. The lowest BCUT2D eigenvalue weighted by atomic mass is 10.0. The standard InChI is InChI=1S/C15H13Br/c1-2-10-7-12-9-11-5-3-4-6-13(11)15(16)14(12)8-10/h3-6,8-9H,2,7H2,1H3. The van der Waals surface area contributed by atoms with E-state index in [2.05, 4.69) is 59.3 Å². The third kappa shape index (κ3) is 1.42. The first-order chi connectivity index (χ1) is 7.79. The molecule has 0 saturated carbocycles. The minimum absolute atomic E-state index is 1.12. The van der Waals surface area contributed by atoms with Crippen LogP contribution in [-0.4, -0.2) is 0 Å². The Morgan fingerprint density at radius 2 is 2.06 bits per heavy atom. The summed E-state index contributed by atoms with van der Waals surface area (Å²) >= 11 is 3.74. The van der Waals surface area contributed by atoms with Crippen molar-refractivity contribution in [1.29, 1.82) is 0 Å². The van der Waals surface area contributed by atoms with Gasteiger partial charge in [0.25, 0.3) is 0 Å². The first kappa shape index (κ1) is 10.1. The smallest absolute Gasteiger partial charge is 0.0329 e. The van der Waals surface area contributed by atoms with Crippen molar-refractivity contribution in [2.75, 3.05) is 0 Å². The molecular formula is C15H13Br. The molecule has 0 atom stereocenters. The van der Waals surface area contributed by atoms with Crippen molar-refractivity contribution >= 4 is 32.8 Å². The van der Waals surface area contributed by atoms with Gasteiger partial charge in [-0.2, -0.15) is 0 Å². The Hall–Kier alpha value is -1.08. The number of allylic oxidation sites excluding steroid dienone is 1. The summed E-state index contributed by atoms with van der Waals surface area (Å²) in [6.45, 7) is 2.23. The zero-order valence-electron chi connectivity index (χ0n) is 9.26. The van der Waals surface area contributed by atoms with Crippen LogP contribution < -0.4 is 0 Å². The Morgan fingerprint density at radius 1 is 1.25 bits per heavy atom. The molecule has 0 aromatic heterocycles. The van der Waals surface area contributed by atoms with E-state index in [0.717, 1.165) is 12.8 Å². The minimum Gasteiger partial charge on any atom is -0.0654 e. The number of rotatable bonds is 1. The molecule has 0 unspecified atom stereocenters. The largest absolute Gasteiger partial charge is 0.0654 e. The molecule has 0 amide bonds. The van der Waals surface area contributed by atoms with E-state index in [0.29, 0.717) is 0 Å².